The summed E-state index contributed by atoms with van der Waals surface area (Å²) in [4.78, 5) is 23.9. The molecule has 0 aromatic heterocycles. The molecule has 2 aliphatic heterocycles. The molecule has 33 heavy (non-hydrogen) atoms. The largest absolute Gasteiger partial charge is 0.457 e. The summed E-state index contributed by atoms with van der Waals surface area (Å²) >= 11 is 0. The Balaban J connectivity index is 1.69. The number of unbranched alkanes of at least 4 members (excludes halogenated alkanes) is 5. The number of ether oxygens (including phenoxy) is 5. The molecule has 0 saturated carbocycles. The molecule has 8 heteroatoms. The number of nitrogens with one attached hydrogen (secondary N) is 1. The molecule has 1 N–H and O–H groups in total. The zero-order valence-corrected chi connectivity index (χ0v) is 19.9. The molecule has 0 aliphatic carbocycles. The van der Waals surface area contributed by atoms with Gasteiger partial charge in [-0.25, -0.2) is 0 Å². The Morgan fingerprint density at radius 2 is 1.76 bits per heavy atom. The smallest absolute Gasteiger partial charge is 0.303 e. The number of hydrogen-bond acceptors (Lipinski definition) is 7. The first-order valence-corrected chi connectivity index (χ1v) is 12.0. The Hall–Kier alpha value is -2.00. The van der Waals surface area contributed by atoms with Crippen molar-refractivity contribution in [1.82, 2.24) is 5.32 Å². The number of carbonyl (C=O) groups excluding carboxylic acids is 2. The number of esters is 1. The summed E-state index contributed by atoms with van der Waals surface area (Å²) in [5, 5.41) is 2.86. The van der Waals surface area contributed by atoms with E-state index in [2.05, 4.69) is 12.2 Å². The van der Waals surface area contributed by atoms with Crippen LogP contribution in [-0.2, 0) is 33.3 Å². The predicted octanol–water partition coefficient (Wildman–Crippen LogP) is 3.64. The number of amides is 1. The van der Waals surface area contributed by atoms with Gasteiger partial charge >= 0.3 is 5.97 Å². The predicted molar refractivity (Wildman–Crippen MR) is 121 cm³/mol. The lowest BCUT2D eigenvalue weighted by molar-refractivity contribution is -0.344. The lowest BCUT2D eigenvalue weighted by Crippen LogP contribution is -2.67. The Morgan fingerprint density at radius 1 is 1.03 bits per heavy atom. The maximum absolute atomic E-state index is 12.0. The van der Waals surface area contributed by atoms with E-state index in [1.54, 1.807) is 0 Å². The molecule has 1 amide bonds. The van der Waals surface area contributed by atoms with Crippen LogP contribution in [0.15, 0.2) is 30.3 Å². The van der Waals surface area contributed by atoms with Crippen LogP contribution in [0.3, 0.4) is 0 Å². The zero-order valence-electron chi connectivity index (χ0n) is 19.9. The van der Waals surface area contributed by atoms with Crippen molar-refractivity contribution in [3.05, 3.63) is 35.9 Å². The van der Waals surface area contributed by atoms with Gasteiger partial charge in [-0.1, -0.05) is 69.4 Å². The third-order valence-corrected chi connectivity index (χ3v) is 5.86. The van der Waals surface area contributed by atoms with Gasteiger partial charge in [-0.05, 0) is 6.42 Å². The van der Waals surface area contributed by atoms with E-state index in [0.717, 1.165) is 18.4 Å². The average Bonchev–Trinajstić information content (AvgIpc) is 2.80. The monoisotopic (exact) mass is 463 g/mol. The second-order valence-corrected chi connectivity index (χ2v) is 8.66. The Bertz CT molecular complexity index is 744. The van der Waals surface area contributed by atoms with Gasteiger partial charge in [-0.15, -0.1) is 0 Å². The van der Waals surface area contributed by atoms with Gasteiger partial charge in [-0.2, -0.15) is 0 Å². The molecule has 8 nitrogen and oxygen atoms in total. The van der Waals surface area contributed by atoms with Crippen molar-refractivity contribution in [3.63, 3.8) is 0 Å². The van der Waals surface area contributed by atoms with Crippen LogP contribution in [0, 0.1) is 0 Å². The van der Waals surface area contributed by atoms with Crippen molar-refractivity contribution in [1.29, 1.82) is 0 Å². The Labute approximate surface area is 196 Å². The fourth-order valence-electron chi connectivity index (χ4n) is 4.30. The fraction of sp³-hybridized carbons (Fsp3) is 0.680. The second kappa shape index (κ2) is 13.0. The summed E-state index contributed by atoms with van der Waals surface area (Å²) in [5.74, 6) is -0.726. The van der Waals surface area contributed by atoms with E-state index in [-0.39, 0.29) is 12.5 Å². The number of rotatable bonds is 11. The maximum Gasteiger partial charge on any atom is 0.303 e. The SMILES string of the molecule is CCCCCCCCO[C@H]1O[C@@H]2CO[C@@H](c3ccccc3)O[C@H]2[C@H](OC(C)=O)[C@H]1NC(C)=O. The highest BCUT2D eigenvalue weighted by Crippen LogP contribution is 2.35. The summed E-state index contributed by atoms with van der Waals surface area (Å²) in [5.41, 5.74) is 0.857. The Morgan fingerprint density at radius 3 is 2.45 bits per heavy atom. The normalized spacial score (nSPS) is 29.2. The van der Waals surface area contributed by atoms with Crippen LogP contribution in [0.4, 0.5) is 0 Å². The molecule has 1 aromatic rings. The van der Waals surface area contributed by atoms with Gasteiger partial charge in [0.05, 0.1) is 6.61 Å². The minimum atomic E-state index is -0.769. The number of carbonyl (C=O) groups is 2. The van der Waals surface area contributed by atoms with Crippen LogP contribution in [0.1, 0.15) is 71.1 Å². The quantitative estimate of drug-likeness (QED) is 0.396. The van der Waals surface area contributed by atoms with Crippen molar-refractivity contribution >= 4 is 11.9 Å². The molecule has 0 unspecified atom stereocenters. The summed E-state index contributed by atoms with van der Waals surface area (Å²) in [6.45, 7) is 5.70. The highest BCUT2D eigenvalue weighted by atomic mass is 16.8. The highest BCUT2D eigenvalue weighted by molar-refractivity contribution is 5.73. The molecule has 0 spiro atoms. The van der Waals surface area contributed by atoms with Gasteiger partial charge in [0.25, 0.3) is 0 Å². The summed E-state index contributed by atoms with van der Waals surface area (Å²) in [7, 11) is 0. The molecule has 2 aliphatic rings. The Kier molecular flexibility index (Phi) is 10.1. The van der Waals surface area contributed by atoms with Crippen molar-refractivity contribution in [2.75, 3.05) is 13.2 Å². The molecule has 6 atom stereocenters. The first-order chi connectivity index (χ1) is 16.0. The van der Waals surface area contributed by atoms with Gasteiger partial charge < -0.3 is 29.0 Å². The van der Waals surface area contributed by atoms with E-state index in [1.807, 2.05) is 30.3 Å². The van der Waals surface area contributed by atoms with Crippen molar-refractivity contribution in [2.45, 2.75) is 96.2 Å². The fourth-order valence-corrected chi connectivity index (χ4v) is 4.30. The molecule has 2 heterocycles. The van der Waals surface area contributed by atoms with Crippen LogP contribution < -0.4 is 5.32 Å². The summed E-state index contributed by atoms with van der Waals surface area (Å²) in [6, 6.07) is 8.85. The molecule has 0 bridgehead atoms. The minimum Gasteiger partial charge on any atom is -0.457 e. The standard InChI is InChI=1S/C25H37NO7/c1-4-5-6-7-8-12-15-29-25-21(26-17(2)27)23(31-18(3)28)22-20(32-25)16-30-24(33-22)19-13-10-9-11-14-19/h9-11,13-14,20-25H,4-8,12,15-16H2,1-3H3,(H,26,27)/t20-,21-,22-,23-,24-,25+/m1/s1. The first kappa shape index (κ1) is 25.6. The van der Waals surface area contributed by atoms with Crippen LogP contribution in [0.2, 0.25) is 0 Å². The minimum absolute atomic E-state index is 0.256. The van der Waals surface area contributed by atoms with E-state index in [0.29, 0.717) is 6.61 Å². The number of fused-ring (bicyclic) bond motifs is 1. The first-order valence-electron chi connectivity index (χ1n) is 12.0. The third-order valence-electron chi connectivity index (χ3n) is 5.86. The van der Waals surface area contributed by atoms with E-state index in [1.165, 1.54) is 39.5 Å². The highest BCUT2D eigenvalue weighted by Gasteiger charge is 2.52. The van der Waals surface area contributed by atoms with E-state index in [9.17, 15) is 9.59 Å². The number of hydrogen-bond donors (Lipinski definition) is 1. The van der Waals surface area contributed by atoms with Gasteiger partial charge in [0.1, 0.15) is 18.2 Å². The van der Waals surface area contributed by atoms with Gasteiger partial charge in [-0.3, -0.25) is 9.59 Å². The number of benzene rings is 1. The van der Waals surface area contributed by atoms with E-state index in [4.69, 9.17) is 23.7 Å². The van der Waals surface area contributed by atoms with Crippen LogP contribution in [-0.4, -0.2) is 55.7 Å². The lowest BCUT2D eigenvalue weighted by atomic mass is 9.95. The van der Waals surface area contributed by atoms with Gasteiger partial charge in [0, 0.05) is 26.0 Å². The second-order valence-electron chi connectivity index (χ2n) is 8.66. The average molecular weight is 464 g/mol. The molecule has 184 valence electrons. The molecule has 3 rings (SSSR count). The van der Waals surface area contributed by atoms with Crippen molar-refractivity contribution in [2.24, 2.45) is 0 Å². The molecular weight excluding hydrogens is 426 g/mol. The summed E-state index contributed by atoms with van der Waals surface area (Å²) in [6.07, 6.45) is 3.55. The molecule has 2 saturated heterocycles. The van der Waals surface area contributed by atoms with E-state index < -0.39 is 42.9 Å². The topological polar surface area (TPSA) is 92.3 Å². The summed E-state index contributed by atoms with van der Waals surface area (Å²) < 4.78 is 30.0. The van der Waals surface area contributed by atoms with Crippen molar-refractivity contribution in [3.8, 4) is 0 Å². The van der Waals surface area contributed by atoms with Crippen molar-refractivity contribution < 1.29 is 33.3 Å². The zero-order chi connectivity index (χ0) is 23.6. The molecule has 1 aromatic carbocycles. The van der Waals surface area contributed by atoms with E-state index >= 15 is 0 Å². The van der Waals surface area contributed by atoms with Crippen LogP contribution in [0.5, 0.6) is 0 Å². The molecule has 0 radical (unpaired) electrons. The third kappa shape index (κ3) is 7.50. The van der Waals surface area contributed by atoms with Gasteiger partial charge in [0.2, 0.25) is 5.91 Å². The van der Waals surface area contributed by atoms with Gasteiger partial charge in [0.15, 0.2) is 18.7 Å². The molecular formula is C25H37NO7. The lowest BCUT2D eigenvalue weighted by Gasteiger charge is -2.48. The van der Waals surface area contributed by atoms with Crippen LogP contribution in [0.25, 0.3) is 0 Å². The maximum atomic E-state index is 12.0. The van der Waals surface area contributed by atoms with Crippen LogP contribution >= 0.6 is 0 Å². The molecule has 2 fully saturated rings.